The Kier molecular flexibility index (Phi) is 5.22. The van der Waals surface area contributed by atoms with Crippen LogP contribution in [0.1, 0.15) is 12.5 Å². The van der Waals surface area contributed by atoms with Crippen LogP contribution in [0.4, 0.5) is 0 Å². The van der Waals surface area contributed by atoms with E-state index >= 15 is 0 Å². The van der Waals surface area contributed by atoms with E-state index in [2.05, 4.69) is 0 Å². The zero-order chi connectivity index (χ0) is 14.4. The molecule has 0 saturated heterocycles. The monoisotopic (exact) mass is 281 g/mol. The summed E-state index contributed by atoms with van der Waals surface area (Å²) in [7, 11) is 1.43. The fraction of sp³-hybridized carbons (Fsp3) is 0.231. The molecule has 0 spiro atoms. The number of benzene rings is 1. The Balaban J connectivity index is 3.15. The zero-order valence-electron chi connectivity index (χ0n) is 10.4. The Hall–Kier alpha value is -2.19. The van der Waals surface area contributed by atoms with Gasteiger partial charge in [0.1, 0.15) is 6.07 Å². The summed E-state index contributed by atoms with van der Waals surface area (Å²) >= 11 is 6.03. The molecule has 0 aliphatic rings. The van der Waals surface area contributed by atoms with E-state index in [0.29, 0.717) is 11.3 Å². The Labute approximate surface area is 115 Å². The van der Waals surface area contributed by atoms with Crippen molar-refractivity contribution in [2.75, 3.05) is 7.11 Å². The van der Waals surface area contributed by atoms with Gasteiger partial charge in [-0.1, -0.05) is 11.6 Å². The fourth-order valence-corrected chi connectivity index (χ4v) is 1.58. The molecule has 0 bridgehead atoms. The van der Waals surface area contributed by atoms with Gasteiger partial charge in [0.2, 0.25) is 0 Å². The number of carboxylic acids is 1. The fourth-order valence-electron chi connectivity index (χ4n) is 1.32. The van der Waals surface area contributed by atoms with Gasteiger partial charge in [0.05, 0.1) is 12.1 Å². The van der Waals surface area contributed by atoms with Crippen LogP contribution in [0.5, 0.6) is 11.5 Å². The number of carbonyl (C=O) groups is 1. The lowest BCUT2D eigenvalue weighted by Crippen LogP contribution is -2.09. The lowest BCUT2D eigenvalue weighted by Gasteiger charge is -2.14. The van der Waals surface area contributed by atoms with E-state index in [1.54, 1.807) is 13.0 Å². The summed E-state index contributed by atoms with van der Waals surface area (Å²) in [5.41, 5.74) is 0.557. The van der Waals surface area contributed by atoms with Crippen molar-refractivity contribution < 1.29 is 19.4 Å². The number of hydrogen-bond donors (Lipinski definition) is 1. The van der Waals surface area contributed by atoms with Crippen molar-refractivity contribution in [1.82, 2.24) is 0 Å². The van der Waals surface area contributed by atoms with Gasteiger partial charge in [-0.15, -0.1) is 0 Å². The van der Waals surface area contributed by atoms with Crippen LogP contribution in [0.15, 0.2) is 18.2 Å². The maximum Gasteiger partial charge on any atom is 0.328 e. The molecule has 0 saturated carbocycles. The molecule has 1 unspecified atom stereocenters. The number of halogens is 1. The summed E-state index contributed by atoms with van der Waals surface area (Å²) in [5.74, 6) is -0.473. The number of rotatable bonds is 5. The van der Waals surface area contributed by atoms with E-state index in [-0.39, 0.29) is 10.8 Å². The van der Waals surface area contributed by atoms with E-state index in [9.17, 15) is 4.79 Å². The van der Waals surface area contributed by atoms with Gasteiger partial charge in [0, 0.05) is 6.08 Å². The SMILES string of the molecule is COc1cc(C=CC(=O)O)cc(Cl)c1OC(C)C#N. The molecule has 0 amide bonds. The van der Waals surface area contributed by atoms with Crippen LogP contribution in [0.25, 0.3) is 6.08 Å². The molecule has 0 radical (unpaired) electrons. The Morgan fingerprint density at radius 2 is 2.26 bits per heavy atom. The molecular formula is C13H12ClNO4. The topological polar surface area (TPSA) is 79.6 Å². The molecule has 0 fully saturated rings. The van der Waals surface area contributed by atoms with Gasteiger partial charge in [-0.05, 0) is 30.7 Å². The second-order valence-corrected chi connectivity index (χ2v) is 4.00. The Bertz CT molecular complexity index is 548. The van der Waals surface area contributed by atoms with Crippen molar-refractivity contribution >= 4 is 23.6 Å². The van der Waals surface area contributed by atoms with Crippen molar-refractivity contribution in [1.29, 1.82) is 5.26 Å². The summed E-state index contributed by atoms with van der Waals surface area (Å²) in [6.07, 6.45) is 1.70. The van der Waals surface area contributed by atoms with Gasteiger partial charge in [-0.2, -0.15) is 5.26 Å². The first-order valence-corrected chi connectivity index (χ1v) is 5.70. The molecule has 0 aliphatic heterocycles. The lowest BCUT2D eigenvalue weighted by molar-refractivity contribution is -0.131. The van der Waals surface area contributed by atoms with Crippen LogP contribution >= 0.6 is 11.6 Å². The average Bonchev–Trinajstić information content (AvgIpc) is 2.38. The summed E-state index contributed by atoms with van der Waals surface area (Å²) in [4.78, 5) is 10.5. The predicted molar refractivity (Wildman–Crippen MR) is 70.4 cm³/mol. The van der Waals surface area contributed by atoms with Crippen molar-refractivity contribution in [3.63, 3.8) is 0 Å². The van der Waals surface area contributed by atoms with Crippen LogP contribution in [0.2, 0.25) is 5.02 Å². The van der Waals surface area contributed by atoms with Gasteiger partial charge in [-0.25, -0.2) is 4.79 Å². The summed E-state index contributed by atoms with van der Waals surface area (Å²) in [6.45, 7) is 1.58. The molecule has 0 heterocycles. The summed E-state index contributed by atoms with van der Waals surface area (Å²) in [5, 5.41) is 17.5. The van der Waals surface area contributed by atoms with E-state index < -0.39 is 12.1 Å². The van der Waals surface area contributed by atoms with Crippen molar-refractivity contribution in [2.24, 2.45) is 0 Å². The second kappa shape index (κ2) is 6.66. The first kappa shape index (κ1) is 14.9. The lowest BCUT2D eigenvalue weighted by atomic mass is 10.2. The normalized spacial score (nSPS) is 11.9. The predicted octanol–water partition coefficient (Wildman–Crippen LogP) is 2.74. The molecule has 1 atom stereocenters. The van der Waals surface area contributed by atoms with Crippen LogP contribution in [0.3, 0.4) is 0 Å². The third kappa shape index (κ3) is 4.19. The first-order valence-electron chi connectivity index (χ1n) is 5.32. The molecule has 5 nitrogen and oxygen atoms in total. The maximum atomic E-state index is 10.5. The molecule has 0 aromatic heterocycles. The standard InChI is InChI=1S/C13H12ClNO4/c1-8(7-15)19-13-10(14)5-9(3-4-12(16)17)6-11(13)18-2/h3-6,8H,1-2H3,(H,16,17). The van der Waals surface area contributed by atoms with E-state index in [1.807, 2.05) is 6.07 Å². The molecule has 1 aromatic rings. The third-order valence-corrected chi connectivity index (χ3v) is 2.43. The molecule has 1 rings (SSSR count). The number of aliphatic carboxylic acids is 1. The largest absolute Gasteiger partial charge is 0.493 e. The van der Waals surface area contributed by atoms with Crippen molar-refractivity contribution in [3.8, 4) is 17.6 Å². The maximum absolute atomic E-state index is 10.5. The highest BCUT2D eigenvalue weighted by molar-refractivity contribution is 6.32. The highest BCUT2D eigenvalue weighted by Gasteiger charge is 2.14. The Morgan fingerprint density at radius 1 is 1.58 bits per heavy atom. The number of hydrogen-bond acceptors (Lipinski definition) is 4. The molecule has 100 valence electrons. The van der Waals surface area contributed by atoms with Gasteiger partial charge in [0.25, 0.3) is 0 Å². The number of ether oxygens (including phenoxy) is 2. The molecular weight excluding hydrogens is 270 g/mol. The second-order valence-electron chi connectivity index (χ2n) is 3.59. The van der Waals surface area contributed by atoms with Crippen molar-refractivity contribution in [2.45, 2.75) is 13.0 Å². The van der Waals surface area contributed by atoms with Crippen LogP contribution in [0, 0.1) is 11.3 Å². The minimum Gasteiger partial charge on any atom is -0.493 e. The van der Waals surface area contributed by atoms with Gasteiger partial charge in [0.15, 0.2) is 17.6 Å². The molecule has 1 N–H and O–H groups in total. The quantitative estimate of drug-likeness (QED) is 0.840. The zero-order valence-corrected chi connectivity index (χ0v) is 11.1. The minimum atomic E-state index is -1.06. The number of nitriles is 1. The minimum absolute atomic E-state index is 0.242. The van der Waals surface area contributed by atoms with E-state index in [1.165, 1.54) is 19.3 Å². The average molecular weight is 282 g/mol. The first-order chi connectivity index (χ1) is 8.97. The Morgan fingerprint density at radius 3 is 2.79 bits per heavy atom. The molecule has 6 heteroatoms. The highest BCUT2D eigenvalue weighted by atomic mass is 35.5. The van der Waals surface area contributed by atoms with E-state index in [0.717, 1.165) is 6.08 Å². The third-order valence-electron chi connectivity index (χ3n) is 2.15. The van der Waals surface area contributed by atoms with Gasteiger partial charge >= 0.3 is 5.97 Å². The van der Waals surface area contributed by atoms with Crippen molar-refractivity contribution in [3.05, 3.63) is 28.8 Å². The van der Waals surface area contributed by atoms with Gasteiger partial charge in [-0.3, -0.25) is 0 Å². The number of methoxy groups -OCH3 is 1. The van der Waals surface area contributed by atoms with Gasteiger partial charge < -0.3 is 14.6 Å². The van der Waals surface area contributed by atoms with Crippen LogP contribution in [-0.4, -0.2) is 24.3 Å². The van der Waals surface area contributed by atoms with E-state index in [4.69, 9.17) is 31.4 Å². The molecule has 0 aliphatic carbocycles. The van der Waals surface area contributed by atoms with Crippen LogP contribution < -0.4 is 9.47 Å². The summed E-state index contributed by atoms with van der Waals surface area (Å²) in [6, 6.07) is 5.02. The molecule has 19 heavy (non-hydrogen) atoms. The number of carboxylic acid groups (broad SMARTS) is 1. The highest BCUT2D eigenvalue weighted by Crippen LogP contribution is 2.37. The smallest absolute Gasteiger partial charge is 0.328 e. The summed E-state index contributed by atoms with van der Waals surface area (Å²) < 4.78 is 10.5. The number of nitrogens with zero attached hydrogens (tertiary/aromatic N) is 1. The molecule has 1 aromatic carbocycles. The van der Waals surface area contributed by atoms with Crippen LogP contribution in [-0.2, 0) is 4.79 Å².